The van der Waals surface area contributed by atoms with Crippen molar-refractivity contribution >= 4 is 5.91 Å². The van der Waals surface area contributed by atoms with E-state index in [1.807, 2.05) is 6.08 Å². The lowest BCUT2D eigenvalue weighted by Gasteiger charge is -2.46. The minimum absolute atomic E-state index is 0.258. The zero-order valence-corrected chi connectivity index (χ0v) is 61.9. The molecule has 9 N–H and O–H groups in total. The van der Waals surface area contributed by atoms with E-state index < -0.39 is 86.8 Å². The second-order valence-corrected chi connectivity index (χ2v) is 27.1. The van der Waals surface area contributed by atoms with Gasteiger partial charge in [-0.1, -0.05) is 314 Å². The smallest absolute Gasteiger partial charge is 0.220 e. The average Bonchev–Trinajstić information content (AvgIpc) is 0.799. The Morgan fingerprint density at radius 3 is 1.11 bits per heavy atom. The fourth-order valence-corrected chi connectivity index (χ4v) is 12.0. The molecule has 0 aliphatic carbocycles. The summed E-state index contributed by atoms with van der Waals surface area (Å²) in [4.78, 5) is 13.4. The number of nitrogens with one attached hydrogen (secondary N) is 1. The molecule has 14 nitrogen and oxygen atoms in total. The number of amides is 1. The number of aliphatic hydroxyl groups excluding tert-OH is 8. The van der Waals surface area contributed by atoms with Crippen LogP contribution < -0.4 is 5.32 Å². The van der Waals surface area contributed by atoms with Crippen LogP contribution in [0.25, 0.3) is 0 Å². The molecule has 2 fully saturated rings. The lowest BCUT2D eigenvalue weighted by atomic mass is 9.97. The molecule has 2 aliphatic rings. The van der Waals surface area contributed by atoms with Gasteiger partial charge in [0.2, 0.25) is 5.91 Å². The number of hydrogen-bond donors (Lipinski definition) is 9. The normalized spacial score (nSPS) is 22.8. The van der Waals surface area contributed by atoms with Crippen LogP contribution in [-0.2, 0) is 23.7 Å². The number of carbonyl (C=O) groups is 1. The van der Waals surface area contributed by atoms with Crippen LogP contribution in [0.1, 0.15) is 290 Å². The molecule has 0 aromatic carbocycles. The van der Waals surface area contributed by atoms with E-state index in [0.29, 0.717) is 12.8 Å². The van der Waals surface area contributed by atoms with Gasteiger partial charge in [0, 0.05) is 6.42 Å². The van der Waals surface area contributed by atoms with E-state index in [1.54, 1.807) is 6.08 Å². The van der Waals surface area contributed by atoms with Gasteiger partial charge in [-0.05, 0) is 116 Å². The molecule has 566 valence electrons. The number of aliphatic hydroxyl groups is 8. The topological polar surface area (TPSA) is 228 Å². The van der Waals surface area contributed by atoms with Crippen LogP contribution >= 0.6 is 0 Å². The first-order chi connectivity index (χ1) is 48.6. The minimum Gasteiger partial charge on any atom is -0.394 e. The van der Waals surface area contributed by atoms with E-state index >= 15 is 0 Å². The number of hydrogen-bond acceptors (Lipinski definition) is 13. The third-order valence-corrected chi connectivity index (χ3v) is 18.2. The fraction of sp³-hybridized carbons (Fsp3) is 0.706. The quantitative estimate of drug-likeness (QED) is 0.0204. The van der Waals surface area contributed by atoms with E-state index in [1.165, 1.54) is 148 Å². The molecule has 2 rings (SSSR count). The molecule has 14 heteroatoms. The van der Waals surface area contributed by atoms with Crippen LogP contribution in [0.15, 0.2) is 146 Å². The molecular weight excluding hydrogens is 1240 g/mol. The Bertz CT molecular complexity index is 2230. The van der Waals surface area contributed by atoms with E-state index in [4.69, 9.17) is 18.9 Å². The lowest BCUT2D eigenvalue weighted by Crippen LogP contribution is -2.65. The molecule has 0 radical (unpaired) electrons. The highest BCUT2D eigenvalue weighted by Crippen LogP contribution is 2.30. The molecule has 0 saturated carbocycles. The largest absolute Gasteiger partial charge is 0.394 e. The van der Waals surface area contributed by atoms with Crippen molar-refractivity contribution in [3.63, 3.8) is 0 Å². The van der Waals surface area contributed by atoms with Crippen LogP contribution in [0.5, 0.6) is 0 Å². The summed E-state index contributed by atoms with van der Waals surface area (Å²) < 4.78 is 22.9. The first-order valence-corrected chi connectivity index (χ1v) is 39.6. The summed E-state index contributed by atoms with van der Waals surface area (Å²) in [6.45, 7) is 2.68. The maximum absolute atomic E-state index is 13.4. The standard InChI is InChI=1S/C85H143NO13/c1-3-5-7-9-11-13-15-17-19-21-23-25-27-29-30-31-32-33-34-35-36-37-38-39-40-41-42-43-44-45-47-49-51-53-55-57-59-61-63-65-67-69-77(90)86-73(72-96-84-82(95)80(93)83(76(71-88)98-84)99-85-81(94)79(92)78(91)75(70-87)97-85)74(89)68-66-64-62-60-58-56-54-52-50-48-46-28-26-24-22-20-18-16-14-12-10-8-6-4-2/h5,7,11,13,17,19,23,25,29-30,32-33,35-36,38-39,41-42,50,52,58,60,66,68,73-76,78-85,87-89,91-95H,3-4,6,8-10,12,14-16,18,20-22,24,26-28,31,34,37,40,43-49,51,53-57,59,61-65,67,69-72H2,1-2H3,(H,86,90)/b7-5-,13-11-,19-17-,25-23-,30-29-,33-32-,36-35-,39-38-,42-41-,52-50+,60-58+,68-66+. The molecule has 99 heavy (non-hydrogen) atoms. The molecule has 2 heterocycles. The second-order valence-electron chi connectivity index (χ2n) is 27.1. The highest BCUT2D eigenvalue weighted by atomic mass is 16.7. The van der Waals surface area contributed by atoms with Crippen molar-refractivity contribution in [2.24, 2.45) is 0 Å². The Morgan fingerprint density at radius 2 is 0.707 bits per heavy atom. The van der Waals surface area contributed by atoms with Gasteiger partial charge < -0.3 is 65.1 Å². The molecule has 2 aliphatic heterocycles. The first kappa shape index (κ1) is 91.0. The summed E-state index contributed by atoms with van der Waals surface area (Å²) in [5.74, 6) is -0.258. The van der Waals surface area contributed by atoms with Crippen molar-refractivity contribution in [2.75, 3.05) is 19.8 Å². The molecule has 0 aromatic heterocycles. The van der Waals surface area contributed by atoms with Crippen LogP contribution in [-0.4, -0.2) is 140 Å². The van der Waals surface area contributed by atoms with E-state index in [-0.39, 0.29) is 18.9 Å². The van der Waals surface area contributed by atoms with E-state index in [9.17, 15) is 45.6 Å². The third kappa shape index (κ3) is 50.0. The number of ether oxygens (including phenoxy) is 4. The van der Waals surface area contributed by atoms with Gasteiger partial charge in [0.15, 0.2) is 12.6 Å². The molecule has 0 spiro atoms. The summed E-state index contributed by atoms with van der Waals surface area (Å²) in [5.41, 5.74) is 0. The number of allylic oxidation sites excluding steroid dienone is 23. The van der Waals surface area contributed by atoms with Gasteiger partial charge in [0.05, 0.1) is 32.0 Å². The number of carbonyl (C=O) groups excluding carboxylic acids is 1. The van der Waals surface area contributed by atoms with Crippen LogP contribution in [0.2, 0.25) is 0 Å². The molecule has 1 amide bonds. The third-order valence-electron chi connectivity index (χ3n) is 18.2. The minimum atomic E-state index is -1.80. The Kier molecular flexibility index (Phi) is 61.6. The molecule has 2 saturated heterocycles. The van der Waals surface area contributed by atoms with Crippen molar-refractivity contribution in [1.82, 2.24) is 5.32 Å². The van der Waals surface area contributed by atoms with Crippen molar-refractivity contribution in [2.45, 2.75) is 364 Å². The van der Waals surface area contributed by atoms with Crippen molar-refractivity contribution in [3.8, 4) is 0 Å². The van der Waals surface area contributed by atoms with Gasteiger partial charge in [0.25, 0.3) is 0 Å². The average molecular weight is 1390 g/mol. The molecule has 12 atom stereocenters. The van der Waals surface area contributed by atoms with Gasteiger partial charge in [-0.25, -0.2) is 0 Å². The first-order valence-electron chi connectivity index (χ1n) is 39.6. The molecule has 12 unspecified atom stereocenters. The number of unbranched alkanes of at least 4 members (excludes halogenated alkanes) is 29. The molecular formula is C85H143NO13. The summed E-state index contributed by atoms with van der Waals surface area (Å²) in [6, 6.07) is -0.949. The van der Waals surface area contributed by atoms with Crippen molar-refractivity contribution in [1.29, 1.82) is 0 Å². The second kappa shape index (κ2) is 67.1. The summed E-state index contributed by atoms with van der Waals surface area (Å²) in [7, 11) is 0. The van der Waals surface area contributed by atoms with Crippen LogP contribution in [0.3, 0.4) is 0 Å². The SMILES string of the molecule is CC/C=C\C/C=C\C/C=C\C/C=C\C/C=C\C/C=C\C/C=C\C/C=C\C/C=C\CCCCCCCCCCCCCCCC(=O)NC(COC1OC(CO)C(OC2OC(CO)C(O)C(O)C2O)C(O)C1O)C(O)/C=C/CC/C=C/CC/C=C/CCCCCCCCCCCCCCCC. The predicted octanol–water partition coefficient (Wildman–Crippen LogP) is 18.0. The van der Waals surface area contributed by atoms with E-state index in [0.717, 1.165) is 109 Å². The lowest BCUT2D eigenvalue weighted by molar-refractivity contribution is -0.359. The Balaban J connectivity index is 1.63. The summed E-state index contributed by atoms with van der Waals surface area (Å²) in [5, 5.41) is 87.6. The monoisotopic (exact) mass is 1390 g/mol. The zero-order chi connectivity index (χ0) is 71.5. The Morgan fingerprint density at radius 1 is 0.374 bits per heavy atom. The maximum Gasteiger partial charge on any atom is 0.220 e. The van der Waals surface area contributed by atoms with Crippen molar-refractivity contribution < 1.29 is 64.6 Å². The fourth-order valence-electron chi connectivity index (χ4n) is 12.0. The maximum atomic E-state index is 13.4. The van der Waals surface area contributed by atoms with E-state index in [2.05, 4.69) is 153 Å². The van der Waals surface area contributed by atoms with Gasteiger partial charge in [0.1, 0.15) is 48.8 Å². The predicted molar refractivity (Wildman–Crippen MR) is 410 cm³/mol. The Hall–Kier alpha value is -4.13. The van der Waals surface area contributed by atoms with Crippen molar-refractivity contribution in [3.05, 3.63) is 146 Å². The van der Waals surface area contributed by atoms with Gasteiger partial charge in [-0.3, -0.25) is 4.79 Å². The summed E-state index contributed by atoms with van der Waals surface area (Å²) >= 11 is 0. The Labute approximate surface area is 602 Å². The molecule has 0 aromatic rings. The van der Waals surface area contributed by atoms with Gasteiger partial charge >= 0.3 is 0 Å². The molecule has 0 bridgehead atoms. The number of rotatable bonds is 64. The highest BCUT2D eigenvalue weighted by molar-refractivity contribution is 5.76. The highest BCUT2D eigenvalue weighted by Gasteiger charge is 2.51. The van der Waals surface area contributed by atoms with Gasteiger partial charge in [-0.2, -0.15) is 0 Å². The van der Waals surface area contributed by atoms with Crippen LogP contribution in [0, 0.1) is 0 Å². The summed E-state index contributed by atoms with van der Waals surface area (Å²) in [6.07, 6.45) is 84.9. The van der Waals surface area contributed by atoms with Crippen LogP contribution in [0.4, 0.5) is 0 Å². The zero-order valence-electron chi connectivity index (χ0n) is 61.9. The van der Waals surface area contributed by atoms with Gasteiger partial charge in [-0.15, -0.1) is 0 Å².